The number of nitrogens with one attached hydrogen (secondary N) is 1. The highest BCUT2D eigenvalue weighted by atomic mass is 16.5. The van der Waals surface area contributed by atoms with E-state index in [2.05, 4.69) is 15.3 Å². The Morgan fingerprint density at radius 3 is 2.76 bits per heavy atom. The van der Waals surface area contributed by atoms with Gasteiger partial charge >= 0.3 is 0 Å². The zero-order chi connectivity index (χ0) is 12.9. The van der Waals surface area contributed by atoms with E-state index in [1.54, 1.807) is 12.3 Å². The Bertz CT molecular complexity index is 353. The summed E-state index contributed by atoms with van der Waals surface area (Å²) in [6, 6.07) is 1.72. The molecule has 0 radical (unpaired) electrons. The van der Waals surface area contributed by atoms with Gasteiger partial charge in [0, 0.05) is 30.8 Å². The second kappa shape index (κ2) is 5.82. The number of nitrogens with zero attached hydrogens (tertiary/aromatic N) is 2. The second-order valence-electron chi connectivity index (χ2n) is 5.06. The topological polar surface area (TPSA) is 67.3 Å². The van der Waals surface area contributed by atoms with Gasteiger partial charge < -0.3 is 15.2 Å². The zero-order valence-corrected chi connectivity index (χ0v) is 10.9. The first-order chi connectivity index (χ1) is 7.93. The molecule has 0 aliphatic carbocycles. The smallest absolute Gasteiger partial charge is 0.225 e. The van der Waals surface area contributed by atoms with E-state index in [-0.39, 0.29) is 18.1 Å². The number of anilines is 1. The summed E-state index contributed by atoms with van der Waals surface area (Å²) >= 11 is 0. The molecular weight excluding hydrogens is 218 g/mol. The summed E-state index contributed by atoms with van der Waals surface area (Å²) in [6.07, 6.45) is 1.74. The van der Waals surface area contributed by atoms with Crippen LogP contribution in [0.15, 0.2) is 12.3 Å². The summed E-state index contributed by atoms with van der Waals surface area (Å²) in [5, 5.41) is 12.2. The van der Waals surface area contributed by atoms with Gasteiger partial charge in [0.05, 0.1) is 6.10 Å². The summed E-state index contributed by atoms with van der Waals surface area (Å²) in [7, 11) is 0. The van der Waals surface area contributed by atoms with Crippen molar-refractivity contribution in [1.82, 2.24) is 9.97 Å². The quantitative estimate of drug-likeness (QED) is 0.790. The van der Waals surface area contributed by atoms with Crippen molar-refractivity contribution in [3.8, 4) is 5.88 Å². The van der Waals surface area contributed by atoms with Gasteiger partial charge in [-0.3, -0.25) is 0 Å². The Balaban J connectivity index is 2.60. The van der Waals surface area contributed by atoms with Crippen LogP contribution < -0.4 is 10.1 Å². The van der Waals surface area contributed by atoms with Crippen LogP contribution in [0.3, 0.4) is 0 Å². The third-order valence-electron chi connectivity index (χ3n) is 2.14. The van der Waals surface area contributed by atoms with Gasteiger partial charge in [-0.25, -0.2) is 4.98 Å². The average molecular weight is 239 g/mol. The predicted octanol–water partition coefficient (Wildman–Crippen LogP) is 1.69. The van der Waals surface area contributed by atoms with Crippen molar-refractivity contribution in [2.75, 3.05) is 18.5 Å². The Morgan fingerprint density at radius 1 is 1.47 bits per heavy atom. The van der Waals surface area contributed by atoms with Crippen molar-refractivity contribution >= 4 is 5.95 Å². The second-order valence-corrected chi connectivity index (χ2v) is 5.06. The summed E-state index contributed by atoms with van der Waals surface area (Å²) in [5.41, 5.74) is -0.196. The van der Waals surface area contributed by atoms with Crippen molar-refractivity contribution in [2.24, 2.45) is 5.41 Å². The molecule has 0 aliphatic heterocycles. The molecule has 0 atom stereocenters. The van der Waals surface area contributed by atoms with Crippen LogP contribution in [0.1, 0.15) is 27.7 Å². The molecule has 5 nitrogen and oxygen atoms in total. The number of ether oxygens (including phenoxy) is 1. The van der Waals surface area contributed by atoms with Crippen molar-refractivity contribution < 1.29 is 9.84 Å². The molecule has 1 aromatic heterocycles. The molecule has 0 aliphatic rings. The first-order valence-electron chi connectivity index (χ1n) is 5.77. The van der Waals surface area contributed by atoms with E-state index in [1.165, 1.54) is 0 Å². The monoisotopic (exact) mass is 239 g/mol. The molecule has 2 N–H and O–H groups in total. The van der Waals surface area contributed by atoms with Crippen molar-refractivity contribution in [3.63, 3.8) is 0 Å². The van der Waals surface area contributed by atoms with Crippen molar-refractivity contribution in [3.05, 3.63) is 12.3 Å². The highest BCUT2D eigenvalue weighted by Gasteiger charge is 2.16. The maximum absolute atomic E-state index is 9.14. The molecular formula is C12H21N3O2. The van der Waals surface area contributed by atoms with E-state index in [4.69, 9.17) is 9.84 Å². The standard InChI is InChI=1S/C12H21N3O2/c1-9(2)17-10-5-6-13-11(15-10)14-7-12(3,4)8-16/h5-6,9,16H,7-8H2,1-4H3,(H,13,14,15). The van der Waals surface area contributed by atoms with Crippen molar-refractivity contribution in [1.29, 1.82) is 0 Å². The van der Waals surface area contributed by atoms with Crippen LogP contribution in [0.5, 0.6) is 5.88 Å². The minimum Gasteiger partial charge on any atom is -0.475 e. The van der Waals surface area contributed by atoms with E-state index < -0.39 is 0 Å². The minimum absolute atomic E-state index is 0.0895. The summed E-state index contributed by atoms with van der Waals surface area (Å²) in [5.74, 6) is 1.07. The molecule has 0 spiro atoms. The van der Waals surface area contributed by atoms with Crippen molar-refractivity contribution in [2.45, 2.75) is 33.8 Å². The molecule has 1 aromatic rings. The largest absolute Gasteiger partial charge is 0.475 e. The maximum atomic E-state index is 9.14. The molecule has 0 bridgehead atoms. The predicted molar refractivity (Wildman–Crippen MR) is 67.2 cm³/mol. The Morgan fingerprint density at radius 2 is 2.18 bits per heavy atom. The van der Waals surface area contributed by atoms with Gasteiger partial charge in [-0.1, -0.05) is 13.8 Å². The lowest BCUT2D eigenvalue weighted by Gasteiger charge is -2.21. The maximum Gasteiger partial charge on any atom is 0.225 e. The molecule has 0 fully saturated rings. The Hall–Kier alpha value is -1.36. The molecule has 96 valence electrons. The molecule has 0 amide bonds. The Labute approximate surface area is 102 Å². The zero-order valence-electron chi connectivity index (χ0n) is 10.9. The lowest BCUT2D eigenvalue weighted by atomic mass is 9.95. The summed E-state index contributed by atoms with van der Waals surface area (Å²) in [6.45, 7) is 8.55. The van der Waals surface area contributed by atoms with Crippen LogP contribution in [0.25, 0.3) is 0 Å². The third kappa shape index (κ3) is 4.99. The molecule has 1 rings (SSSR count). The lowest BCUT2D eigenvalue weighted by Crippen LogP contribution is -2.27. The molecule has 17 heavy (non-hydrogen) atoms. The molecule has 0 unspecified atom stereocenters. The van der Waals surface area contributed by atoms with Gasteiger partial charge in [0.1, 0.15) is 0 Å². The fourth-order valence-corrected chi connectivity index (χ4v) is 1.11. The van der Waals surface area contributed by atoms with E-state index in [1.807, 2.05) is 27.7 Å². The number of aliphatic hydroxyl groups is 1. The number of aromatic nitrogens is 2. The van der Waals surface area contributed by atoms with Crippen LogP contribution >= 0.6 is 0 Å². The molecule has 0 saturated carbocycles. The number of hydrogen-bond donors (Lipinski definition) is 2. The van der Waals surface area contributed by atoms with Gasteiger partial charge in [0.15, 0.2) is 0 Å². The lowest BCUT2D eigenvalue weighted by molar-refractivity contribution is 0.170. The van der Waals surface area contributed by atoms with Gasteiger partial charge in [-0.05, 0) is 13.8 Å². The van der Waals surface area contributed by atoms with Gasteiger partial charge in [-0.15, -0.1) is 0 Å². The minimum atomic E-state index is -0.196. The van der Waals surface area contributed by atoms with Gasteiger partial charge in [0.2, 0.25) is 11.8 Å². The third-order valence-corrected chi connectivity index (χ3v) is 2.14. The van der Waals surface area contributed by atoms with Crippen LogP contribution in [-0.2, 0) is 0 Å². The van der Waals surface area contributed by atoms with Gasteiger partial charge in [-0.2, -0.15) is 4.98 Å². The molecule has 5 heteroatoms. The summed E-state index contributed by atoms with van der Waals surface area (Å²) in [4.78, 5) is 8.32. The van der Waals surface area contributed by atoms with Crippen LogP contribution in [-0.4, -0.2) is 34.3 Å². The fraction of sp³-hybridized carbons (Fsp3) is 0.667. The van der Waals surface area contributed by atoms with E-state index in [9.17, 15) is 0 Å². The highest BCUT2D eigenvalue weighted by Crippen LogP contribution is 2.15. The van der Waals surface area contributed by atoms with E-state index in [0.717, 1.165) is 0 Å². The first-order valence-corrected chi connectivity index (χ1v) is 5.77. The van der Waals surface area contributed by atoms with Gasteiger partial charge in [0.25, 0.3) is 0 Å². The molecule has 0 saturated heterocycles. The number of aliphatic hydroxyl groups excluding tert-OH is 1. The highest BCUT2D eigenvalue weighted by molar-refractivity contribution is 5.27. The first kappa shape index (κ1) is 13.7. The van der Waals surface area contributed by atoms with Crippen LogP contribution in [0, 0.1) is 5.41 Å². The fourth-order valence-electron chi connectivity index (χ4n) is 1.11. The normalized spacial score (nSPS) is 11.6. The van der Waals surface area contributed by atoms with E-state index in [0.29, 0.717) is 18.4 Å². The Kier molecular flexibility index (Phi) is 4.69. The van der Waals surface area contributed by atoms with Crippen LogP contribution in [0.4, 0.5) is 5.95 Å². The number of rotatable bonds is 6. The molecule has 1 heterocycles. The van der Waals surface area contributed by atoms with Crippen LogP contribution in [0.2, 0.25) is 0 Å². The average Bonchev–Trinajstić information content (AvgIpc) is 2.26. The number of hydrogen-bond acceptors (Lipinski definition) is 5. The summed E-state index contributed by atoms with van der Waals surface area (Å²) < 4.78 is 5.47. The van der Waals surface area contributed by atoms with E-state index >= 15 is 0 Å². The SMILES string of the molecule is CC(C)Oc1ccnc(NCC(C)(C)CO)n1. The molecule has 0 aromatic carbocycles.